The molecule has 1 saturated heterocycles. The van der Waals surface area contributed by atoms with Crippen molar-refractivity contribution in [1.29, 1.82) is 0 Å². The van der Waals surface area contributed by atoms with Crippen LogP contribution in [0.4, 0.5) is 0 Å². The van der Waals surface area contributed by atoms with Crippen molar-refractivity contribution >= 4 is 57.7 Å². The van der Waals surface area contributed by atoms with E-state index in [-0.39, 0.29) is 18.3 Å². The molecule has 13 heteroatoms. The van der Waals surface area contributed by atoms with Gasteiger partial charge in [0.05, 0.1) is 5.75 Å². The molecule has 0 aromatic rings. The van der Waals surface area contributed by atoms with Gasteiger partial charge in [-0.25, -0.2) is 0 Å². The van der Waals surface area contributed by atoms with E-state index in [9.17, 15) is 24.0 Å². The highest BCUT2D eigenvalue weighted by Gasteiger charge is 2.52. The van der Waals surface area contributed by atoms with Crippen LogP contribution in [0.3, 0.4) is 0 Å². The molecule has 0 N–H and O–H groups in total. The third kappa shape index (κ3) is 6.99. The van der Waals surface area contributed by atoms with E-state index in [1.807, 2.05) is 0 Å². The lowest BCUT2D eigenvalue weighted by Gasteiger charge is -2.44. The number of nitrogens with zero attached hydrogens (tertiary/aromatic N) is 1. The highest BCUT2D eigenvalue weighted by Crippen LogP contribution is 2.37. The molecule has 11 nitrogen and oxygen atoms in total. The fourth-order valence-corrected chi connectivity index (χ4v) is 4.84. The van der Waals surface area contributed by atoms with Crippen molar-refractivity contribution in [2.45, 2.75) is 57.5 Å². The van der Waals surface area contributed by atoms with Crippen molar-refractivity contribution < 1.29 is 47.7 Å². The van der Waals surface area contributed by atoms with Gasteiger partial charge in [0.15, 0.2) is 23.7 Å². The lowest BCUT2D eigenvalue weighted by atomic mass is 9.99. The van der Waals surface area contributed by atoms with Gasteiger partial charge >= 0.3 is 23.9 Å². The van der Waals surface area contributed by atoms with E-state index >= 15 is 0 Å². The van der Waals surface area contributed by atoms with Crippen molar-refractivity contribution in [2.24, 2.45) is 4.99 Å². The smallest absolute Gasteiger partial charge is 0.303 e. The van der Waals surface area contributed by atoms with Gasteiger partial charge in [0.25, 0.3) is 5.91 Å². The molecule has 2 aliphatic heterocycles. The molecular weight excluding hydrogens is 442 g/mol. The van der Waals surface area contributed by atoms with Crippen LogP contribution < -0.4 is 0 Å². The summed E-state index contributed by atoms with van der Waals surface area (Å²) in [5.41, 5.74) is -0.984. The lowest BCUT2D eigenvalue weighted by molar-refractivity contribution is -0.237. The molecule has 30 heavy (non-hydrogen) atoms. The van der Waals surface area contributed by atoms with E-state index in [4.69, 9.17) is 23.7 Å². The first-order chi connectivity index (χ1) is 14.1. The minimum absolute atomic E-state index is 0.160. The van der Waals surface area contributed by atoms with E-state index in [1.54, 1.807) is 0 Å². The summed E-state index contributed by atoms with van der Waals surface area (Å²) in [6.07, 6.45) is -4.68. The standard InChI is InChI=1S/C17H21NO10S2/c1-7(19)24-5-11-13(25-8(2)20)14(26-9(3)21)15(27-10(4)22)16(28-11)30-17-18-12(23)6-29-17/h11,13-16H,5-6H2,1-4H3/t11-,13+,14+,15+,16+/m1/s1. The first kappa shape index (κ1) is 24.2. The molecular formula is C17H21NO10S2. The predicted molar refractivity (Wildman–Crippen MR) is 104 cm³/mol. The topological polar surface area (TPSA) is 144 Å². The molecule has 166 valence electrons. The van der Waals surface area contributed by atoms with E-state index in [0.29, 0.717) is 4.38 Å². The predicted octanol–water partition coefficient (Wildman–Crippen LogP) is 0.432. The Hall–Kier alpha value is -2.12. The van der Waals surface area contributed by atoms with Crippen molar-refractivity contribution in [3.05, 3.63) is 0 Å². The first-order valence-corrected chi connectivity index (χ1v) is 10.6. The summed E-state index contributed by atoms with van der Waals surface area (Å²) < 4.78 is 27.2. The second kappa shape index (κ2) is 10.8. The zero-order valence-corrected chi connectivity index (χ0v) is 18.3. The number of ether oxygens (including phenoxy) is 5. The zero-order valence-electron chi connectivity index (χ0n) is 16.6. The highest BCUT2D eigenvalue weighted by molar-refractivity contribution is 8.39. The lowest BCUT2D eigenvalue weighted by Crippen LogP contribution is -2.61. The number of hydrogen-bond donors (Lipinski definition) is 0. The van der Waals surface area contributed by atoms with Gasteiger partial charge < -0.3 is 23.7 Å². The average molecular weight is 463 g/mol. The molecule has 0 bridgehead atoms. The van der Waals surface area contributed by atoms with Crippen LogP contribution in [0.25, 0.3) is 0 Å². The van der Waals surface area contributed by atoms with Crippen LogP contribution in [0.15, 0.2) is 4.99 Å². The van der Waals surface area contributed by atoms with Gasteiger partial charge in [0.2, 0.25) is 0 Å². The van der Waals surface area contributed by atoms with Crippen molar-refractivity contribution in [2.75, 3.05) is 12.4 Å². The van der Waals surface area contributed by atoms with Gasteiger partial charge in [0.1, 0.15) is 17.1 Å². The molecule has 0 aromatic carbocycles. The minimum atomic E-state index is -1.25. The number of hydrogen-bond acceptors (Lipinski definition) is 12. The Morgan fingerprint density at radius 2 is 1.53 bits per heavy atom. The number of rotatable bonds is 6. The molecule has 0 spiro atoms. The Balaban J connectivity index is 2.39. The van der Waals surface area contributed by atoms with E-state index < -0.39 is 53.7 Å². The van der Waals surface area contributed by atoms with Gasteiger partial charge in [-0.15, -0.1) is 0 Å². The SMILES string of the molecule is CC(=O)OC[C@H]1O[C@@H](SC2=NC(=O)CS2)[C@@H](OC(C)=O)[C@@H](OC(C)=O)[C@H]1OC(C)=O. The summed E-state index contributed by atoms with van der Waals surface area (Å²) in [6.45, 7) is 4.32. The van der Waals surface area contributed by atoms with Gasteiger partial charge in [-0.2, -0.15) is 4.99 Å². The molecule has 0 unspecified atom stereocenters. The van der Waals surface area contributed by atoms with Crippen LogP contribution >= 0.6 is 23.5 Å². The monoisotopic (exact) mass is 463 g/mol. The van der Waals surface area contributed by atoms with Crippen molar-refractivity contribution in [3.63, 3.8) is 0 Å². The fraction of sp³-hybridized carbons (Fsp3) is 0.647. The normalized spacial score (nSPS) is 28.3. The summed E-state index contributed by atoms with van der Waals surface area (Å²) in [6, 6.07) is 0. The zero-order chi connectivity index (χ0) is 22.4. The summed E-state index contributed by atoms with van der Waals surface area (Å²) >= 11 is 2.17. The van der Waals surface area contributed by atoms with Gasteiger partial charge in [-0.1, -0.05) is 23.5 Å². The van der Waals surface area contributed by atoms with Crippen LogP contribution in [0.5, 0.6) is 0 Å². The first-order valence-electron chi connectivity index (χ1n) is 8.78. The average Bonchev–Trinajstić information content (AvgIpc) is 3.02. The Bertz CT molecular complexity index is 755. The van der Waals surface area contributed by atoms with E-state index in [2.05, 4.69) is 4.99 Å². The maximum Gasteiger partial charge on any atom is 0.303 e. The second-order valence-corrected chi connectivity index (χ2v) is 8.56. The van der Waals surface area contributed by atoms with Crippen LogP contribution in [-0.4, -0.2) is 76.4 Å². The second-order valence-electron chi connectivity index (χ2n) is 6.25. The Kier molecular flexibility index (Phi) is 8.67. The maximum atomic E-state index is 11.7. The quantitative estimate of drug-likeness (QED) is 0.398. The van der Waals surface area contributed by atoms with Crippen LogP contribution in [0.1, 0.15) is 27.7 Å². The third-order valence-electron chi connectivity index (χ3n) is 3.70. The Morgan fingerprint density at radius 3 is 2.03 bits per heavy atom. The summed E-state index contributed by atoms with van der Waals surface area (Å²) in [4.78, 5) is 61.7. The number of amides is 1. The summed E-state index contributed by atoms with van der Waals surface area (Å²) in [5.74, 6) is -2.88. The maximum absolute atomic E-state index is 11.7. The van der Waals surface area contributed by atoms with Gasteiger partial charge in [0, 0.05) is 27.7 Å². The van der Waals surface area contributed by atoms with Crippen LogP contribution in [-0.2, 0) is 47.7 Å². The summed E-state index contributed by atoms with van der Waals surface area (Å²) in [5, 5.41) is 0. The number of aliphatic imine (C=N–C) groups is 1. The minimum Gasteiger partial charge on any atom is -0.463 e. The molecule has 5 atom stereocenters. The Labute approximate surface area is 180 Å². The van der Waals surface area contributed by atoms with Crippen LogP contribution in [0, 0.1) is 0 Å². The van der Waals surface area contributed by atoms with Gasteiger partial charge in [-0.3, -0.25) is 24.0 Å². The number of carbonyl (C=O) groups excluding carboxylic acids is 5. The number of esters is 4. The fourth-order valence-electron chi connectivity index (χ4n) is 2.73. The molecule has 1 fully saturated rings. The highest BCUT2D eigenvalue weighted by atomic mass is 32.2. The Morgan fingerprint density at radius 1 is 0.967 bits per heavy atom. The van der Waals surface area contributed by atoms with Crippen molar-refractivity contribution in [3.8, 4) is 0 Å². The molecule has 0 aliphatic carbocycles. The molecule has 0 radical (unpaired) electrons. The molecule has 1 amide bonds. The molecule has 0 saturated carbocycles. The van der Waals surface area contributed by atoms with Crippen molar-refractivity contribution in [1.82, 2.24) is 0 Å². The molecule has 2 rings (SSSR count). The molecule has 2 aliphatic rings. The summed E-state index contributed by atoms with van der Waals surface area (Å²) in [7, 11) is 0. The number of thioether (sulfide) groups is 2. The largest absolute Gasteiger partial charge is 0.463 e. The third-order valence-corrected chi connectivity index (χ3v) is 5.98. The van der Waals surface area contributed by atoms with Gasteiger partial charge in [-0.05, 0) is 0 Å². The van der Waals surface area contributed by atoms with E-state index in [0.717, 1.165) is 32.5 Å². The number of carbonyl (C=O) groups is 5. The van der Waals surface area contributed by atoms with E-state index in [1.165, 1.54) is 18.7 Å². The molecule has 0 aromatic heterocycles. The van der Waals surface area contributed by atoms with Crippen LogP contribution in [0.2, 0.25) is 0 Å². The molecule has 2 heterocycles.